The minimum atomic E-state index is -0.422. The molecule has 0 saturated heterocycles. The van der Waals surface area contributed by atoms with Crippen LogP contribution >= 0.6 is 0 Å². The van der Waals surface area contributed by atoms with E-state index in [1.165, 1.54) is 0 Å². The monoisotopic (exact) mass is 216 g/mol. The van der Waals surface area contributed by atoms with E-state index in [9.17, 15) is 5.11 Å². The fourth-order valence-electron chi connectivity index (χ4n) is 1.78. The maximum atomic E-state index is 9.42. The van der Waals surface area contributed by atoms with Crippen LogP contribution in [0.1, 0.15) is 30.0 Å². The molecule has 0 aliphatic heterocycles. The summed E-state index contributed by atoms with van der Waals surface area (Å²) in [4.78, 5) is 0. The Labute approximate surface area is 95.3 Å². The van der Waals surface area contributed by atoms with Crippen LogP contribution < -0.4 is 0 Å². The van der Waals surface area contributed by atoms with Gasteiger partial charge in [-0.2, -0.15) is 5.10 Å². The van der Waals surface area contributed by atoms with Crippen molar-refractivity contribution in [3.05, 3.63) is 47.3 Å². The van der Waals surface area contributed by atoms with Crippen LogP contribution in [0.4, 0.5) is 0 Å². The van der Waals surface area contributed by atoms with E-state index < -0.39 is 6.10 Å². The first-order valence-electron chi connectivity index (χ1n) is 5.39. The number of hydrogen-bond donors (Lipinski definition) is 1. The molecule has 0 aliphatic carbocycles. The highest BCUT2D eigenvalue weighted by atomic mass is 16.3. The van der Waals surface area contributed by atoms with Crippen molar-refractivity contribution in [1.82, 2.24) is 9.78 Å². The zero-order valence-corrected chi connectivity index (χ0v) is 9.81. The highest BCUT2D eigenvalue weighted by Gasteiger charge is 2.04. The summed E-state index contributed by atoms with van der Waals surface area (Å²) in [6.45, 7) is 5.77. The Kier molecular flexibility index (Phi) is 2.79. The number of aromatic nitrogens is 2. The summed E-state index contributed by atoms with van der Waals surface area (Å²) in [5.41, 5.74) is 4.07. The zero-order valence-electron chi connectivity index (χ0n) is 9.81. The van der Waals surface area contributed by atoms with E-state index >= 15 is 0 Å². The van der Waals surface area contributed by atoms with E-state index in [0.717, 1.165) is 22.6 Å². The van der Waals surface area contributed by atoms with Gasteiger partial charge in [-0.05, 0) is 44.5 Å². The second-order valence-electron chi connectivity index (χ2n) is 4.11. The molecule has 2 rings (SSSR count). The van der Waals surface area contributed by atoms with Crippen LogP contribution in [0.15, 0.2) is 30.3 Å². The minimum Gasteiger partial charge on any atom is -0.389 e. The quantitative estimate of drug-likeness (QED) is 0.837. The van der Waals surface area contributed by atoms with Crippen molar-refractivity contribution in [3.63, 3.8) is 0 Å². The Morgan fingerprint density at radius 1 is 1.19 bits per heavy atom. The van der Waals surface area contributed by atoms with Crippen molar-refractivity contribution in [2.45, 2.75) is 26.9 Å². The van der Waals surface area contributed by atoms with E-state index in [1.54, 1.807) is 6.92 Å². The predicted octanol–water partition coefficient (Wildman–Crippen LogP) is 2.54. The molecule has 0 amide bonds. The summed E-state index contributed by atoms with van der Waals surface area (Å²) in [6, 6.07) is 9.85. The van der Waals surface area contributed by atoms with Crippen molar-refractivity contribution >= 4 is 0 Å². The lowest BCUT2D eigenvalue weighted by Gasteiger charge is -2.07. The maximum Gasteiger partial charge on any atom is 0.0761 e. The van der Waals surface area contributed by atoms with Crippen molar-refractivity contribution in [1.29, 1.82) is 0 Å². The van der Waals surface area contributed by atoms with Gasteiger partial charge >= 0.3 is 0 Å². The molecule has 3 heteroatoms. The molecule has 2 aromatic rings. The molecule has 0 aliphatic rings. The van der Waals surface area contributed by atoms with Gasteiger partial charge in [0, 0.05) is 5.69 Å². The summed E-state index contributed by atoms with van der Waals surface area (Å²) in [7, 11) is 0. The number of nitrogens with zero attached hydrogens (tertiary/aromatic N) is 2. The van der Waals surface area contributed by atoms with Gasteiger partial charge in [-0.25, -0.2) is 4.68 Å². The molecule has 1 N–H and O–H groups in total. The Balaban J connectivity index is 2.38. The molecule has 0 saturated carbocycles. The normalized spacial score (nSPS) is 12.8. The number of benzene rings is 1. The van der Waals surface area contributed by atoms with Gasteiger partial charge in [0.15, 0.2) is 0 Å². The first-order chi connectivity index (χ1) is 7.58. The number of aliphatic hydroxyl groups excluding tert-OH is 1. The Bertz CT molecular complexity index is 483. The summed E-state index contributed by atoms with van der Waals surface area (Å²) < 4.78 is 1.90. The lowest BCUT2D eigenvalue weighted by molar-refractivity contribution is 0.199. The smallest absolute Gasteiger partial charge is 0.0761 e. The van der Waals surface area contributed by atoms with Gasteiger partial charge < -0.3 is 5.11 Å². The molecule has 84 valence electrons. The van der Waals surface area contributed by atoms with E-state index in [0.29, 0.717) is 0 Å². The number of rotatable bonds is 2. The summed E-state index contributed by atoms with van der Waals surface area (Å²) >= 11 is 0. The van der Waals surface area contributed by atoms with Crippen molar-refractivity contribution in [3.8, 4) is 5.69 Å². The summed E-state index contributed by atoms with van der Waals surface area (Å²) in [5.74, 6) is 0. The molecule has 1 heterocycles. The van der Waals surface area contributed by atoms with Crippen LogP contribution in [-0.2, 0) is 0 Å². The lowest BCUT2D eigenvalue weighted by atomic mass is 10.1. The van der Waals surface area contributed by atoms with Crippen LogP contribution in [-0.4, -0.2) is 14.9 Å². The molecule has 1 aromatic carbocycles. The van der Waals surface area contributed by atoms with Gasteiger partial charge in [0.05, 0.1) is 17.5 Å². The third-order valence-electron chi connectivity index (χ3n) is 2.63. The first-order valence-corrected chi connectivity index (χ1v) is 5.39. The molecule has 3 nitrogen and oxygen atoms in total. The van der Waals surface area contributed by atoms with Crippen LogP contribution in [0.5, 0.6) is 0 Å². The Morgan fingerprint density at radius 3 is 2.25 bits per heavy atom. The SMILES string of the molecule is Cc1cc(C)n(-c2ccc(C(C)O)cc2)n1. The zero-order chi connectivity index (χ0) is 11.7. The molecular weight excluding hydrogens is 200 g/mol. The van der Waals surface area contributed by atoms with Crippen LogP contribution in [0.3, 0.4) is 0 Å². The third kappa shape index (κ3) is 1.99. The number of hydrogen-bond acceptors (Lipinski definition) is 2. The number of aliphatic hydroxyl groups is 1. The Morgan fingerprint density at radius 2 is 1.81 bits per heavy atom. The van der Waals surface area contributed by atoms with Gasteiger partial charge in [0.2, 0.25) is 0 Å². The highest BCUT2D eigenvalue weighted by Crippen LogP contribution is 2.16. The topological polar surface area (TPSA) is 38.0 Å². The van der Waals surface area contributed by atoms with Crippen LogP contribution in [0.25, 0.3) is 5.69 Å². The molecule has 1 unspecified atom stereocenters. The average molecular weight is 216 g/mol. The molecule has 1 atom stereocenters. The lowest BCUT2D eigenvalue weighted by Crippen LogP contribution is -1.99. The molecule has 0 fully saturated rings. The van der Waals surface area contributed by atoms with E-state index in [4.69, 9.17) is 0 Å². The molecule has 0 spiro atoms. The van der Waals surface area contributed by atoms with E-state index in [-0.39, 0.29) is 0 Å². The maximum absolute atomic E-state index is 9.42. The van der Waals surface area contributed by atoms with Gasteiger partial charge in [-0.3, -0.25) is 0 Å². The largest absolute Gasteiger partial charge is 0.389 e. The second-order valence-corrected chi connectivity index (χ2v) is 4.11. The first kappa shape index (κ1) is 10.9. The molecule has 0 bridgehead atoms. The van der Waals surface area contributed by atoms with Gasteiger partial charge in [0.25, 0.3) is 0 Å². The van der Waals surface area contributed by atoms with Crippen molar-refractivity contribution in [2.24, 2.45) is 0 Å². The predicted molar refractivity (Wildman–Crippen MR) is 63.7 cm³/mol. The van der Waals surface area contributed by atoms with Gasteiger partial charge in [-0.1, -0.05) is 12.1 Å². The highest BCUT2D eigenvalue weighted by molar-refractivity contribution is 5.36. The standard InChI is InChI=1S/C13H16N2O/c1-9-8-10(2)15(14-9)13-6-4-12(5-7-13)11(3)16/h4-8,11,16H,1-3H3. The molecule has 1 aromatic heterocycles. The number of aryl methyl sites for hydroxylation is 2. The second kappa shape index (κ2) is 4.10. The molecule has 16 heavy (non-hydrogen) atoms. The van der Waals surface area contributed by atoms with Gasteiger partial charge in [-0.15, -0.1) is 0 Å². The minimum absolute atomic E-state index is 0.422. The van der Waals surface area contributed by atoms with Crippen LogP contribution in [0, 0.1) is 13.8 Å². The summed E-state index contributed by atoms with van der Waals surface area (Å²) in [6.07, 6.45) is -0.422. The van der Waals surface area contributed by atoms with Crippen molar-refractivity contribution in [2.75, 3.05) is 0 Å². The molecule has 0 radical (unpaired) electrons. The van der Waals surface area contributed by atoms with E-state index in [2.05, 4.69) is 5.10 Å². The average Bonchev–Trinajstić information content (AvgIpc) is 2.58. The fourth-order valence-corrected chi connectivity index (χ4v) is 1.78. The van der Waals surface area contributed by atoms with Gasteiger partial charge in [0.1, 0.15) is 0 Å². The fraction of sp³-hybridized carbons (Fsp3) is 0.308. The Hall–Kier alpha value is -1.61. The van der Waals surface area contributed by atoms with Crippen LogP contribution in [0.2, 0.25) is 0 Å². The third-order valence-corrected chi connectivity index (χ3v) is 2.63. The summed E-state index contributed by atoms with van der Waals surface area (Å²) in [5, 5.41) is 13.8. The van der Waals surface area contributed by atoms with E-state index in [1.807, 2.05) is 48.9 Å². The van der Waals surface area contributed by atoms with Crippen molar-refractivity contribution < 1.29 is 5.11 Å². The molecular formula is C13H16N2O.